The van der Waals surface area contributed by atoms with Crippen molar-refractivity contribution >= 4 is 11.4 Å². The standard InChI is InChI=1S/C18H19N3/c1-13-10-18(7-4-15(13)11-19)21(17-8-9-17)12-14-2-5-16(20)6-3-14/h2-7,10,17H,8-9,12,20H2,1H3. The van der Waals surface area contributed by atoms with Crippen LogP contribution in [0.5, 0.6) is 0 Å². The van der Waals surface area contributed by atoms with Gasteiger partial charge in [-0.1, -0.05) is 12.1 Å². The highest BCUT2D eigenvalue weighted by Crippen LogP contribution is 2.34. The summed E-state index contributed by atoms with van der Waals surface area (Å²) in [6, 6.07) is 17.0. The number of rotatable bonds is 4. The first-order valence-corrected chi connectivity index (χ1v) is 7.29. The van der Waals surface area contributed by atoms with Crippen molar-refractivity contribution in [2.24, 2.45) is 0 Å². The van der Waals surface area contributed by atoms with E-state index in [2.05, 4.69) is 35.2 Å². The van der Waals surface area contributed by atoms with Gasteiger partial charge < -0.3 is 10.6 Å². The van der Waals surface area contributed by atoms with Gasteiger partial charge in [-0.15, -0.1) is 0 Å². The topological polar surface area (TPSA) is 53.0 Å². The zero-order chi connectivity index (χ0) is 14.8. The number of nitrogens with two attached hydrogens (primary N) is 1. The van der Waals surface area contributed by atoms with E-state index in [-0.39, 0.29) is 0 Å². The molecule has 0 radical (unpaired) electrons. The highest BCUT2D eigenvalue weighted by Gasteiger charge is 2.29. The molecule has 0 amide bonds. The van der Waals surface area contributed by atoms with E-state index in [0.29, 0.717) is 6.04 Å². The van der Waals surface area contributed by atoms with Crippen LogP contribution in [0.1, 0.15) is 29.5 Å². The Kier molecular flexibility index (Phi) is 3.53. The van der Waals surface area contributed by atoms with Gasteiger partial charge in [0.2, 0.25) is 0 Å². The van der Waals surface area contributed by atoms with Gasteiger partial charge in [-0.3, -0.25) is 0 Å². The van der Waals surface area contributed by atoms with E-state index in [1.807, 2.05) is 25.1 Å². The van der Waals surface area contributed by atoms with Gasteiger partial charge >= 0.3 is 0 Å². The molecule has 2 aromatic carbocycles. The zero-order valence-electron chi connectivity index (χ0n) is 12.2. The third-order valence-corrected chi connectivity index (χ3v) is 3.98. The van der Waals surface area contributed by atoms with Crippen molar-refractivity contribution in [3.05, 3.63) is 59.2 Å². The summed E-state index contributed by atoms with van der Waals surface area (Å²) in [6.45, 7) is 2.88. The molecule has 0 bridgehead atoms. The lowest BCUT2D eigenvalue weighted by Gasteiger charge is -2.25. The third-order valence-electron chi connectivity index (χ3n) is 3.98. The summed E-state index contributed by atoms with van der Waals surface area (Å²) < 4.78 is 0. The number of anilines is 2. The summed E-state index contributed by atoms with van der Waals surface area (Å²) in [6.07, 6.45) is 2.49. The van der Waals surface area contributed by atoms with Crippen molar-refractivity contribution in [1.29, 1.82) is 5.26 Å². The maximum atomic E-state index is 9.06. The summed E-state index contributed by atoms with van der Waals surface area (Å²) in [5.74, 6) is 0. The van der Waals surface area contributed by atoms with Crippen LogP contribution in [0.3, 0.4) is 0 Å². The molecule has 0 heterocycles. The molecular weight excluding hydrogens is 258 g/mol. The normalized spacial score (nSPS) is 13.7. The van der Waals surface area contributed by atoms with Crippen LogP contribution in [0.25, 0.3) is 0 Å². The van der Waals surface area contributed by atoms with Crippen LogP contribution in [0.2, 0.25) is 0 Å². The first kappa shape index (κ1) is 13.5. The zero-order valence-corrected chi connectivity index (χ0v) is 12.2. The van der Waals surface area contributed by atoms with E-state index in [4.69, 9.17) is 11.0 Å². The summed E-state index contributed by atoms with van der Waals surface area (Å²) in [5.41, 5.74) is 10.8. The molecule has 0 aliphatic heterocycles. The Labute approximate surface area is 125 Å². The van der Waals surface area contributed by atoms with Crippen LogP contribution in [-0.2, 0) is 6.54 Å². The lowest BCUT2D eigenvalue weighted by molar-refractivity contribution is 0.794. The maximum Gasteiger partial charge on any atom is 0.0994 e. The summed E-state index contributed by atoms with van der Waals surface area (Å²) in [4.78, 5) is 2.43. The molecule has 0 saturated heterocycles. The highest BCUT2D eigenvalue weighted by molar-refractivity contribution is 5.55. The van der Waals surface area contributed by atoms with Gasteiger partial charge in [-0.25, -0.2) is 0 Å². The number of nitrogen functional groups attached to an aromatic ring is 1. The molecule has 1 fully saturated rings. The van der Waals surface area contributed by atoms with E-state index in [0.717, 1.165) is 23.4 Å². The molecule has 3 heteroatoms. The molecule has 0 spiro atoms. The van der Waals surface area contributed by atoms with Crippen molar-refractivity contribution in [3.8, 4) is 6.07 Å². The first-order valence-electron chi connectivity index (χ1n) is 7.29. The van der Waals surface area contributed by atoms with E-state index >= 15 is 0 Å². The Morgan fingerprint density at radius 2 is 1.90 bits per heavy atom. The van der Waals surface area contributed by atoms with E-state index in [9.17, 15) is 0 Å². The average Bonchev–Trinajstić information content (AvgIpc) is 3.31. The van der Waals surface area contributed by atoms with Crippen molar-refractivity contribution in [1.82, 2.24) is 0 Å². The van der Waals surface area contributed by atoms with Crippen molar-refractivity contribution < 1.29 is 0 Å². The number of aryl methyl sites for hydroxylation is 1. The smallest absolute Gasteiger partial charge is 0.0994 e. The van der Waals surface area contributed by atoms with Crippen molar-refractivity contribution in [2.75, 3.05) is 10.6 Å². The van der Waals surface area contributed by atoms with Gasteiger partial charge in [-0.2, -0.15) is 5.26 Å². The molecule has 1 saturated carbocycles. The number of nitriles is 1. The SMILES string of the molecule is Cc1cc(N(Cc2ccc(N)cc2)C2CC2)ccc1C#N. The minimum absolute atomic E-state index is 0.620. The quantitative estimate of drug-likeness (QED) is 0.868. The fraction of sp³-hybridized carbons (Fsp3) is 0.278. The molecule has 106 valence electrons. The molecule has 0 aromatic heterocycles. The highest BCUT2D eigenvalue weighted by atomic mass is 15.2. The Balaban J connectivity index is 1.86. The van der Waals surface area contributed by atoms with Crippen LogP contribution in [-0.4, -0.2) is 6.04 Å². The van der Waals surface area contributed by atoms with Crippen LogP contribution >= 0.6 is 0 Å². The Bertz CT molecular complexity index is 679. The number of benzene rings is 2. The molecule has 1 aliphatic rings. The van der Waals surface area contributed by atoms with Gasteiger partial charge in [0, 0.05) is 24.0 Å². The van der Waals surface area contributed by atoms with Gasteiger partial charge in [0.15, 0.2) is 0 Å². The second-order valence-electron chi connectivity index (χ2n) is 5.71. The van der Waals surface area contributed by atoms with Gasteiger partial charge in [0.1, 0.15) is 0 Å². The number of hydrogen-bond acceptors (Lipinski definition) is 3. The van der Waals surface area contributed by atoms with Crippen molar-refractivity contribution in [3.63, 3.8) is 0 Å². The maximum absolute atomic E-state index is 9.06. The lowest BCUT2D eigenvalue weighted by atomic mass is 10.1. The average molecular weight is 277 g/mol. The molecule has 2 N–H and O–H groups in total. The number of hydrogen-bond donors (Lipinski definition) is 1. The fourth-order valence-corrected chi connectivity index (χ4v) is 2.59. The fourth-order valence-electron chi connectivity index (χ4n) is 2.59. The van der Waals surface area contributed by atoms with Crippen LogP contribution in [0.15, 0.2) is 42.5 Å². The minimum Gasteiger partial charge on any atom is -0.399 e. The Morgan fingerprint density at radius 3 is 2.48 bits per heavy atom. The first-order chi connectivity index (χ1) is 10.2. The molecule has 3 rings (SSSR count). The summed E-state index contributed by atoms with van der Waals surface area (Å²) in [5, 5.41) is 9.06. The third kappa shape index (κ3) is 3.00. The predicted molar refractivity (Wildman–Crippen MR) is 86.0 cm³/mol. The molecule has 1 aliphatic carbocycles. The van der Waals surface area contributed by atoms with Crippen LogP contribution < -0.4 is 10.6 Å². The molecule has 0 atom stereocenters. The Hall–Kier alpha value is -2.47. The van der Waals surface area contributed by atoms with E-state index in [1.54, 1.807) is 0 Å². The van der Waals surface area contributed by atoms with Crippen LogP contribution in [0.4, 0.5) is 11.4 Å². The number of nitrogens with zero attached hydrogens (tertiary/aromatic N) is 2. The lowest BCUT2D eigenvalue weighted by Crippen LogP contribution is -2.25. The second kappa shape index (κ2) is 5.49. The van der Waals surface area contributed by atoms with Crippen LogP contribution in [0, 0.1) is 18.3 Å². The predicted octanol–water partition coefficient (Wildman–Crippen LogP) is 3.62. The van der Waals surface area contributed by atoms with Gasteiger partial charge in [0.25, 0.3) is 0 Å². The molecule has 0 unspecified atom stereocenters. The minimum atomic E-state index is 0.620. The van der Waals surface area contributed by atoms with Gasteiger partial charge in [-0.05, 0) is 61.2 Å². The largest absolute Gasteiger partial charge is 0.399 e. The summed E-state index contributed by atoms with van der Waals surface area (Å²) >= 11 is 0. The molecule has 3 nitrogen and oxygen atoms in total. The Morgan fingerprint density at radius 1 is 1.19 bits per heavy atom. The van der Waals surface area contributed by atoms with E-state index < -0.39 is 0 Å². The molecule has 2 aromatic rings. The second-order valence-corrected chi connectivity index (χ2v) is 5.71. The molecular formula is C18H19N3. The van der Waals surface area contributed by atoms with Gasteiger partial charge in [0.05, 0.1) is 11.6 Å². The monoisotopic (exact) mass is 277 g/mol. The summed E-state index contributed by atoms with van der Waals surface area (Å²) in [7, 11) is 0. The van der Waals surface area contributed by atoms with Crippen molar-refractivity contribution in [2.45, 2.75) is 32.4 Å². The molecule has 21 heavy (non-hydrogen) atoms. The van der Waals surface area contributed by atoms with E-state index in [1.165, 1.54) is 24.1 Å².